The molecule has 1 fully saturated rings. The van der Waals surface area contributed by atoms with Crippen LogP contribution in [0.15, 0.2) is 5.16 Å². The molecule has 1 rings (SSSR count). The van der Waals surface area contributed by atoms with E-state index in [-0.39, 0.29) is 5.92 Å². The number of hydrogen-bond acceptors (Lipinski definition) is 3. The summed E-state index contributed by atoms with van der Waals surface area (Å²) >= 11 is 0. The number of amidine groups is 1. The summed E-state index contributed by atoms with van der Waals surface area (Å²) in [5.74, 6) is 1.32. The Morgan fingerprint density at radius 1 is 1.41 bits per heavy atom. The SMILES string of the molecule is CCN(CC1CCCCC1)CC(C)/C(N)=N/O. The molecule has 0 radical (unpaired) electrons. The molecular weight excluding hydrogens is 214 g/mol. The van der Waals surface area contributed by atoms with Crippen molar-refractivity contribution in [3.05, 3.63) is 0 Å². The molecule has 0 bridgehead atoms. The maximum absolute atomic E-state index is 8.66. The Balaban J connectivity index is 2.36. The molecule has 0 heterocycles. The van der Waals surface area contributed by atoms with Crippen LogP contribution in [0.3, 0.4) is 0 Å². The summed E-state index contributed by atoms with van der Waals surface area (Å²) in [6.07, 6.45) is 6.92. The summed E-state index contributed by atoms with van der Waals surface area (Å²) in [6.45, 7) is 7.29. The second kappa shape index (κ2) is 7.54. The molecule has 0 saturated heterocycles. The van der Waals surface area contributed by atoms with Crippen LogP contribution in [0.5, 0.6) is 0 Å². The minimum absolute atomic E-state index is 0.128. The van der Waals surface area contributed by atoms with Crippen molar-refractivity contribution >= 4 is 5.84 Å². The van der Waals surface area contributed by atoms with Crippen molar-refractivity contribution in [3.8, 4) is 0 Å². The molecule has 1 saturated carbocycles. The van der Waals surface area contributed by atoms with E-state index in [0.29, 0.717) is 5.84 Å². The lowest BCUT2D eigenvalue weighted by atomic mass is 9.89. The van der Waals surface area contributed by atoms with Crippen molar-refractivity contribution in [2.45, 2.75) is 46.0 Å². The second-order valence-electron chi connectivity index (χ2n) is 5.28. The summed E-state index contributed by atoms with van der Waals surface area (Å²) in [5.41, 5.74) is 5.63. The van der Waals surface area contributed by atoms with Gasteiger partial charge in [-0.25, -0.2) is 0 Å². The van der Waals surface area contributed by atoms with E-state index in [4.69, 9.17) is 10.9 Å². The molecule has 4 nitrogen and oxygen atoms in total. The minimum Gasteiger partial charge on any atom is -0.409 e. The van der Waals surface area contributed by atoms with Crippen molar-refractivity contribution in [2.24, 2.45) is 22.7 Å². The lowest BCUT2D eigenvalue weighted by molar-refractivity contribution is 0.198. The molecule has 4 heteroatoms. The summed E-state index contributed by atoms with van der Waals surface area (Å²) in [7, 11) is 0. The van der Waals surface area contributed by atoms with Crippen LogP contribution in [0.2, 0.25) is 0 Å². The minimum atomic E-state index is 0.128. The van der Waals surface area contributed by atoms with Gasteiger partial charge in [-0.1, -0.05) is 38.3 Å². The fourth-order valence-electron chi connectivity index (χ4n) is 2.65. The molecule has 0 aromatic rings. The summed E-state index contributed by atoms with van der Waals surface area (Å²) in [5, 5.41) is 11.7. The predicted octanol–water partition coefficient (Wildman–Crippen LogP) is 2.27. The average Bonchev–Trinajstić information content (AvgIpc) is 2.38. The van der Waals surface area contributed by atoms with Crippen molar-refractivity contribution in [2.75, 3.05) is 19.6 Å². The third-order valence-corrected chi connectivity index (χ3v) is 3.84. The Labute approximate surface area is 105 Å². The Bertz CT molecular complexity index is 237. The van der Waals surface area contributed by atoms with Gasteiger partial charge < -0.3 is 15.8 Å². The molecule has 17 heavy (non-hydrogen) atoms. The van der Waals surface area contributed by atoms with Gasteiger partial charge in [-0.2, -0.15) is 0 Å². The first kappa shape index (κ1) is 14.3. The molecule has 0 amide bonds. The molecule has 0 aromatic carbocycles. The molecule has 3 N–H and O–H groups in total. The molecule has 0 aromatic heterocycles. The first-order valence-electron chi connectivity index (χ1n) is 6.87. The van der Waals surface area contributed by atoms with Crippen LogP contribution in [0.4, 0.5) is 0 Å². The van der Waals surface area contributed by atoms with Crippen molar-refractivity contribution in [3.63, 3.8) is 0 Å². The van der Waals surface area contributed by atoms with Gasteiger partial charge in [-0.15, -0.1) is 0 Å². The smallest absolute Gasteiger partial charge is 0.143 e. The van der Waals surface area contributed by atoms with Crippen LogP contribution in [0.25, 0.3) is 0 Å². The average molecular weight is 241 g/mol. The van der Waals surface area contributed by atoms with Crippen LogP contribution in [0, 0.1) is 11.8 Å². The molecular formula is C13H27N3O. The van der Waals surface area contributed by atoms with Crippen LogP contribution < -0.4 is 5.73 Å². The number of nitrogens with zero attached hydrogens (tertiary/aromatic N) is 2. The van der Waals surface area contributed by atoms with Gasteiger partial charge in [0.25, 0.3) is 0 Å². The molecule has 1 aliphatic carbocycles. The third-order valence-electron chi connectivity index (χ3n) is 3.84. The molecule has 1 atom stereocenters. The Hall–Kier alpha value is -0.770. The molecule has 0 spiro atoms. The van der Waals surface area contributed by atoms with E-state index >= 15 is 0 Å². The van der Waals surface area contributed by atoms with Crippen LogP contribution >= 0.6 is 0 Å². The standard InChI is InChI=1S/C13H27N3O/c1-3-16(9-11(2)13(14)15-17)10-12-7-5-4-6-8-12/h11-12,17H,3-10H2,1-2H3,(H2,14,15). The fraction of sp³-hybridized carbons (Fsp3) is 0.923. The quantitative estimate of drug-likeness (QED) is 0.324. The monoisotopic (exact) mass is 241 g/mol. The van der Waals surface area contributed by atoms with E-state index in [0.717, 1.165) is 19.0 Å². The summed E-state index contributed by atoms with van der Waals surface area (Å²) in [6, 6.07) is 0. The van der Waals surface area contributed by atoms with E-state index in [9.17, 15) is 0 Å². The first-order chi connectivity index (χ1) is 8.17. The zero-order valence-electron chi connectivity index (χ0n) is 11.2. The highest BCUT2D eigenvalue weighted by Gasteiger charge is 2.18. The van der Waals surface area contributed by atoms with Gasteiger partial charge in [-0.3, -0.25) is 0 Å². The predicted molar refractivity (Wildman–Crippen MR) is 71.3 cm³/mol. The largest absolute Gasteiger partial charge is 0.409 e. The molecule has 0 aliphatic heterocycles. The van der Waals surface area contributed by atoms with Gasteiger partial charge in [0.2, 0.25) is 0 Å². The zero-order valence-corrected chi connectivity index (χ0v) is 11.2. The van der Waals surface area contributed by atoms with E-state index in [1.807, 2.05) is 6.92 Å². The van der Waals surface area contributed by atoms with Gasteiger partial charge in [0, 0.05) is 19.0 Å². The van der Waals surface area contributed by atoms with E-state index < -0.39 is 0 Å². The molecule has 1 unspecified atom stereocenters. The fourth-order valence-corrected chi connectivity index (χ4v) is 2.65. The number of nitrogens with two attached hydrogens (primary N) is 1. The third kappa shape index (κ3) is 4.94. The second-order valence-corrected chi connectivity index (χ2v) is 5.28. The maximum atomic E-state index is 8.66. The summed E-state index contributed by atoms with van der Waals surface area (Å²) in [4.78, 5) is 2.43. The highest BCUT2D eigenvalue weighted by atomic mass is 16.4. The zero-order chi connectivity index (χ0) is 12.7. The van der Waals surface area contributed by atoms with Gasteiger partial charge in [-0.05, 0) is 25.3 Å². The lowest BCUT2D eigenvalue weighted by Gasteiger charge is -2.30. The van der Waals surface area contributed by atoms with Gasteiger partial charge >= 0.3 is 0 Å². The lowest BCUT2D eigenvalue weighted by Crippen LogP contribution is -2.38. The van der Waals surface area contributed by atoms with Crippen LogP contribution in [0.1, 0.15) is 46.0 Å². The van der Waals surface area contributed by atoms with Crippen molar-refractivity contribution in [1.29, 1.82) is 0 Å². The first-order valence-corrected chi connectivity index (χ1v) is 6.87. The Kier molecular flexibility index (Phi) is 6.34. The Morgan fingerprint density at radius 2 is 2.06 bits per heavy atom. The van der Waals surface area contributed by atoms with Crippen molar-refractivity contribution < 1.29 is 5.21 Å². The normalized spacial score (nSPS) is 20.8. The van der Waals surface area contributed by atoms with E-state index in [2.05, 4.69) is 17.0 Å². The highest BCUT2D eigenvalue weighted by Crippen LogP contribution is 2.24. The van der Waals surface area contributed by atoms with Gasteiger partial charge in [0.15, 0.2) is 0 Å². The number of oxime groups is 1. The molecule has 100 valence electrons. The maximum Gasteiger partial charge on any atom is 0.143 e. The van der Waals surface area contributed by atoms with E-state index in [1.165, 1.54) is 38.6 Å². The summed E-state index contributed by atoms with van der Waals surface area (Å²) < 4.78 is 0. The highest BCUT2D eigenvalue weighted by molar-refractivity contribution is 5.82. The van der Waals surface area contributed by atoms with Gasteiger partial charge in [0.1, 0.15) is 5.84 Å². The number of rotatable bonds is 6. The topological polar surface area (TPSA) is 61.8 Å². The molecule has 1 aliphatic rings. The Morgan fingerprint density at radius 3 is 2.59 bits per heavy atom. The van der Waals surface area contributed by atoms with Crippen LogP contribution in [-0.2, 0) is 0 Å². The number of hydrogen-bond donors (Lipinski definition) is 2. The van der Waals surface area contributed by atoms with E-state index in [1.54, 1.807) is 0 Å². The van der Waals surface area contributed by atoms with Crippen molar-refractivity contribution in [1.82, 2.24) is 4.90 Å². The van der Waals surface area contributed by atoms with Gasteiger partial charge in [0.05, 0.1) is 0 Å². The van der Waals surface area contributed by atoms with Crippen LogP contribution in [-0.4, -0.2) is 35.6 Å².